The van der Waals surface area contributed by atoms with E-state index in [1.807, 2.05) is 6.07 Å². The first kappa shape index (κ1) is 13.4. The number of nitrogens with two attached hydrogens (primary N) is 1. The fourth-order valence-corrected chi connectivity index (χ4v) is 1.93. The maximum absolute atomic E-state index is 11.0. The number of carbonyl (C=O) groups is 1. The second-order valence-corrected chi connectivity index (χ2v) is 4.34. The summed E-state index contributed by atoms with van der Waals surface area (Å²) >= 11 is 0. The van der Waals surface area contributed by atoms with Gasteiger partial charge in [0.25, 0.3) is 0 Å². The molecule has 1 aromatic heterocycles. The van der Waals surface area contributed by atoms with Crippen LogP contribution < -0.4 is 11.5 Å². The molecule has 2 rings (SSSR count). The van der Waals surface area contributed by atoms with E-state index in [0.29, 0.717) is 30.4 Å². The van der Waals surface area contributed by atoms with Crippen LogP contribution in [0.2, 0.25) is 0 Å². The Hall–Kier alpha value is -2.08. The second kappa shape index (κ2) is 5.71. The van der Waals surface area contributed by atoms with Gasteiger partial charge in [-0.15, -0.1) is 0 Å². The Balaban J connectivity index is 2.02. The fraction of sp³-hybridized carbons (Fsp3) is 0.385. The van der Waals surface area contributed by atoms with Crippen LogP contribution >= 0.6 is 0 Å². The normalized spacial score (nSPS) is 12.5. The van der Waals surface area contributed by atoms with Gasteiger partial charge in [0.05, 0.1) is 12.6 Å². The first-order chi connectivity index (χ1) is 9.10. The van der Waals surface area contributed by atoms with Crippen LogP contribution in [0.3, 0.4) is 0 Å². The number of H-pyrrole nitrogens is 1. The van der Waals surface area contributed by atoms with Gasteiger partial charge in [-0.1, -0.05) is 6.07 Å². The van der Waals surface area contributed by atoms with Crippen molar-refractivity contribution < 1.29 is 13.9 Å². The number of benzene rings is 1. The summed E-state index contributed by atoms with van der Waals surface area (Å²) in [5, 5.41) is 0. The molecule has 3 N–H and O–H groups in total. The number of fused-ring (bicyclic) bond motifs is 1. The Kier molecular flexibility index (Phi) is 4.01. The molecule has 6 nitrogen and oxygen atoms in total. The number of esters is 1. The molecule has 0 saturated heterocycles. The summed E-state index contributed by atoms with van der Waals surface area (Å²) in [5.74, 6) is -0.717. The van der Waals surface area contributed by atoms with Gasteiger partial charge in [-0.25, -0.2) is 4.79 Å². The number of rotatable bonds is 5. The lowest BCUT2D eigenvalue weighted by molar-refractivity contribution is -0.140. The molecular formula is C13H16N2O4. The molecular weight excluding hydrogens is 248 g/mol. The van der Waals surface area contributed by atoms with E-state index in [4.69, 9.17) is 10.2 Å². The Labute approximate surface area is 109 Å². The number of nitrogens with one attached hydrogen (secondary N) is 1. The first-order valence-electron chi connectivity index (χ1n) is 6.05. The van der Waals surface area contributed by atoms with E-state index in [1.165, 1.54) is 7.11 Å². The predicted octanol–water partition coefficient (Wildman–Crippen LogP) is 1.46. The minimum Gasteiger partial charge on any atom is -0.469 e. The molecule has 0 bridgehead atoms. The summed E-state index contributed by atoms with van der Waals surface area (Å²) < 4.78 is 9.54. The minimum absolute atomic E-state index is 0.200. The maximum atomic E-state index is 11.0. The molecule has 0 aliphatic heterocycles. The molecule has 0 aliphatic rings. The van der Waals surface area contributed by atoms with Crippen molar-refractivity contribution in [2.24, 2.45) is 5.73 Å². The predicted molar refractivity (Wildman–Crippen MR) is 69.6 cm³/mol. The van der Waals surface area contributed by atoms with Crippen molar-refractivity contribution in [3.05, 3.63) is 34.3 Å². The molecule has 19 heavy (non-hydrogen) atoms. The SMILES string of the molecule is COC(=O)CCCC(N)c1ccc2[nH]c(=O)oc2c1. The highest BCUT2D eigenvalue weighted by molar-refractivity contribution is 5.73. The van der Waals surface area contributed by atoms with Crippen LogP contribution in [-0.2, 0) is 9.53 Å². The van der Waals surface area contributed by atoms with Crippen molar-refractivity contribution in [3.63, 3.8) is 0 Å². The third-order valence-corrected chi connectivity index (χ3v) is 3.00. The molecule has 0 fully saturated rings. The van der Waals surface area contributed by atoms with Crippen LogP contribution in [0.1, 0.15) is 30.9 Å². The molecule has 1 aromatic carbocycles. The smallest absolute Gasteiger partial charge is 0.417 e. The lowest BCUT2D eigenvalue weighted by Crippen LogP contribution is -2.11. The Morgan fingerprint density at radius 3 is 3.05 bits per heavy atom. The van der Waals surface area contributed by atoms with E-state index in [2.05, 4.69) is 9.72 Å². The third kappa shape index (κ3) is 3.23. The Morgan fingerprint density at radius 2 is 2.32 bits per heavy atom. The number of aromatic nitrogens is 1. The van der Waals surface area contributed by atoms with Gasteiger partial charge in [0.15, 0.2) is 5.58 Å². The zero-order chi connectivity index (χ0) is 13.8. The molecule has 0 saturated carbocycles. The molecule has 0 amide bonds. The number of carbonyl (C=O) groups excluding carboxylic acids is 1. The zero-order valence-corrected chi connectivity index (χ0v) is 10.6. The lowest BCUT2D eigenvalue weighted by Gasteiger charge is -2.11. The Morgan fingerprint density at radius 1 is 1.53 bits per heavy atom. The number of methoxy groups -OCH3 is 1. The van der Waals surface area contributed by atoms with Crippen LogP contribution in [0.4, 0.5) is 0 Å². The third-order valence-electron chi connectivity index (χ3n) is 3.00. The number of hydrogen-bond acceptors (Lipinski definition) is 5. The van der Waals surface area contributed by atoms with Gasteiger partial charge in [0.2, 0.25) is 0 Å². The standard InChI is InChI=1S/C13H16N2O4/c1-18-12(16)4-2-3-9(14)8-5-6-10-11(7-8)19-13(17)15-10/h5-7,9H,2-4,14H2,1H3,(H,15,17). The first-order valence-corrected chi connectivity index (χ1v) is 6.05. The van der Waals surface area contributed by atoms with E-state index >= 15 is 0 Å². The number of ether oxygens (including phenoxy) is 1. The monoisotopic (exact) mass is 264 g/mol. The number of hydrogen-bond donors (Lipinski definition) is 2. The van der Waals surface area contributed by atoms with E-state index in [-0.39, 0.29) is 12.0 Å². The molecule has 1 heterocycles. The topological polar surface area (TPSA) is 98.3 Å². The van der Waals surface area contributed by atoms with E-state index < -0.39 is 5.76 Å². The summed E-state index contributed by atoms with van der Waals surface area (Å²) in [6.07, 6.45) is 1.67. The van der Waals surface area contributed by atoms with Crippen molar-refractivity contribution in [1.29, 1.82) is 0 Å². The van der Waals surface area contributed by atoms with Gasteiger partial charge >= 0.3 is 11.7 Å². The zero-order valence-electron chi connectivity index (χ0n) is 10.6. The summed E-state index contributed by atoms with van der Waals surface area (Å²) in [6, 6.07) is 5.15. The van der Waals surface area contributed by atoms with Gasteiger partial charge in [-0.2, -0.15) is 0 Å². The minimum atomic E-state index is -0.480. The van der Waals surface area contributed by atoms with Gasteiger partial charge in [-0.05, 0) is 30.5 Å². The largest absolute Gasteiger partial charge is 0.469 e. The van der Waals surface area contributed by atoms with E-state index in [9.17, 15) is 9.59 Å². The molecule has 0 aliphatic carbocycles. The van der Waals surface area contributed by atoms with Crippen molar-refractivity contribution >= 4 is 17.1 Å². The Bertz CT molecular complexity index is 629. The highest BCUT2D eigenvalue weighted by Crippen LogP contribution is 2.20. The van der Waals surface area contributed by atoms with Crippen LogP contribution in [0.5, 0.6) is 0 Å². The lowest BCUT2D eigenvalue weighted by atomic mass is 10.0. The van der Waals surface area contributed by atoms with Crippen molar-refractivity contribution in [1.82, 2.24) is 4.98 Å². The average Bonchev–Trinajstić information content (AvgIpc) is 2.77. The van der Waals surface area contributed by atoms with Crippen LogP contribution in [0.15, 0.2) is 27.4 Å². The van der Waals surface area contributed by atoms with Crippen LogP contribution in [-0.4, -0.2) is 18.1 Å². The maximum Gasteiger partial charge on any atom is 0.417 e. The molecule has 2 aromatic rings. The van der Waals surface area contributed by atoms with E-state index in [1.54, 1.807) is 12.1 Å². The van der Waals surface area contributed by atoms with Crippen molar-refractivity contribution in [2.45, 2.75) is 25.3 Å². The van der Waals surface area contributed by atoms with Crippen LogP contribution in [0, 0.1) is 0 Å². The molecule has 1 atom stereocenters. The number of aromatic amines is 1. The quantitative estimate of drug-likeness (QED) is 0.797. The van der Waals surface area contributed by atoms with Gasteiger partial charge in [0.1, 0.15) is 0 Å². The summed E-state index contributed by atoms with van der Waals surface area (Å²) in [7, 11) is 1.37. The van der Waals surface area contributed by atoms with Gasteiger partial charge < -0.3 is 14.9 Å². The average molecular weight is 264 g/mol. The summed E-state index contributed by atoms with van der Waals surface area (Å²) in [6.45, 7) is 0. The fourth-order valence-electron chi connectivity index (χ4n) is 1.93. The van der Waals surface area contributed by atoms with Crippen molar-refractivity contribution in [2.75, 3.05) is 7.11 Å². The molecule has 6 heteroatoms. The molecule has 0 radical (unpaired) electrons. The molecule has 0 spiro atoms. The highest BCUT2D eigenvalue weighted by atomic mass is 16.5. The molecule has 102 valence electrons. The summed E-state index contributed by atoms with van der Waals surface area (Å²) in [5.41, 5.74) is 8.05. The number of oxazole rings is 1. The van der Waals surface area contributed by atoms with Crippen molar-refractivity contribution in [3.8, 4) is 0 Å². The van der Waals surface area contributed by atoms with Gasteiger partial charge in [-0.3, -0.25) is 9.78 Å². The van der Waals surface area contributed by atoms with Crippen LogP contribution in [0.25, 0.3) is 11.1 Å². The highest BCUT2D eigenvalue weighted by Gasteiger charge is 2.10. The molecule has 1 unspecified atom stereocenters. The summed E-state index contributed by atoms with van der Waals surface area (Å²) in [4.78, 5) is 24.6. The van der Waals surface area contributed by atoms with E-state index in [0.717, 1.165) is 5.56 Å². The van der Waals surface area contributed by atoms with Gasteiger partial charge in [0, 0.05) is 12.5 Å². The second-order valence-electron chi connectivity index (χ2n) is 4.34.